The first-order valence-electron chi connectivity index (χ1n) is 7.14. The van der Waals surface area contributed by atoms with Crippen molar-refractivity contribution in [3.05, 3.63) is 39.5 Å². The predicted molar refractivity (Wildman–Crippen MR) is 94.8 cm³/mol. The van der Waals surface area contributed by atoms with Crippen LogP contribution in [0.5, 0.6) is 5.75 Å². The molecule has 22 heavy (non-hydrogen) atoms. The van der Waals surface area contributed by atoms with Gasteiger partial charge in [-0.15, -0.1) is 0 Å². The quantitative estimate of drug-likeness (QED) is 0.285. The first-order chi connectivity index (χ1) is 10.2. The van der Waals surface area contributed by atoms with Crippen LogP contribution in [-0.4, -0.2) is 18.9 Å². The standard InChI is InChI=1S/C17H23IO4/c1-7-20-12(4)21-15-9-8-13(10-14(15)18)17(5,6)22-16(19)11(2)3/h8-10,12H,2,7H2,1,3-6H3. The van der Waals surface area contributed by atoms with Crippen molar-refractivity contribution >= 4 is 28.6 Å². The number of esters is 1. The van der Waals surface area contributed by atoms with Gasteiger partial charge in [0.25, 0.3) is 0 Å². The third-order valence-electron chi connectivity index (χ3n) is 3.02. The molecule has 5 heteroatoms. The summed E-state index contributed by atoms with van der Waals surface area (Å²) in [6, 6.07) is 5.70. The molecule has 0 fully saturated rings. The Labute approximate surface area is 146 Å². The number of ether oxygens (including phenoxy) is 3. The summed E-state index contributed by atoms with van der Waals surface area (Å²) < 4.78 is 17.5. The maximum atomic E-state index is 11.7. The van der Waals surface area contributed by atoms with Gasteiger partial charge in [0.15, 0.2) is 6.29 Å². The van der Waals surface area contributed by atoms with Crippen molar-refractivity contribution in [2.75, 3.05) is 6.61 Å². The molecule has 1 aromatic rings. The Balaban J connectivity index is 2.92. The lowest BCUT2D eigenvalue weighted by molar-refractivity contribution is -0.152. The van der Waals surface area contributed by atoms with Gasteiger partial charge in [0.2, 0.25) is 0 Å². The zero-order chi connectivity index (χ0) is 16.9. The highest BCUT2D eigenvalue weighted by molar-refractivity contribution is 14.1. The van der Waals surface area contributed by atoms with Crippen molar-refractivity contribution in [2.45, 2.75) is 46.5 Å². The second kappa shape index (κ2) is 7.97. The topological polar surface area (TPSA) is 44.8 Å². The maximum absolute atomic E-state index is 11.7. The molecule has 0 radical (unpaired) electrons. The van der Waals surface area contributed by atoms with Crippen LogP contribution in [0.25, 0.3) is 0 Å². The molecule has 0 spiro atoms. The molecule has 122 valence electrons. The van der Waals surface area contributed by atoms with E-state index in [-0.39, 0.29) is 6.29 Å². The monoisotopic (exact) mass is 418 g/mol. The van der Waals surface area contributed by atoms with Crippen molar-refractivity contribution in [3.8, 4) is 5.75 Å². The molecule has 0 amide bonds. The Morgan fingerprint density at radius 2 is 2.05 bits per heavy atom. The van der Waals surface area contributed by atoms with Crippen molar-refractivity contribution in [1.29, 1.82) is 0 Å². The van der Waals surface area contributed by atoms with Gasteiger partial charge in [0.05, 0.1) is 3.57 Å². The van der Waals surface area contributed by atoms with Crippen LogP contribution < -0.4 is 4.74 Å². The minimum atomic E-state index is -0.736. The minimum absolute atomic E-state index is 0.307. The average Bonchev–Trinajstić information content (AvgIpc) is 2.40. The number of carbonyl (C=O) groups excluding carboxylic acids is 1. The molecule has 4 nitrogen and oxygen atoms in total. The highest BCUT2D eigenvalue weighted by Crippen LogP contribution is 2.31. The van der Waals surface area contributed by atoms with Crippen LogP contribution in [0.1, 0.15) is 40.2 Å². The van der Waals surface area contributed by atoms with Crippen LogP contribution in [0.4, 0.5) is 0 Å². The van der Waals surface area contributed by atoms with Gasteiger partial charge in [-0.1, -0.05) is 12.6 Å². The zero-order valence-corrected chi connectivity index (χ0v) is 15.9. The van der Waals surface area contributed by atoms with E-state index in [0.29, 0.717) is 12.2 Å². The van der Waals surface area contributed by atoms with Crippen LogP contribution in [0.2, 0.25) is 0 Å². The average molecular weight is 418 g/mol. The van der Waals surface area contributed by atoms with Gasteiger partial charge in [-0.25, -0.2) is 4.79 Å². The second-order valence-electron chi connectivity index (χ2n) is 5.47. The Hall–Kier alpha value is -1.08. The summed E-state index contributed by atoms with van der Waals surface area (Å²) in [6.45, 7) is 13.3. The lowest BCUT2D eigenvalue weighted by Crippen LogP contribution is -2.26. The highest BCUT2D eigenvalue weighted by atomic mass is 127. The van der Waals surface area contributed by atoms with E-state index in [1.165, 1.54) is 0 Å². The molecule has 0 bridgehead atoms. The Morgan fingerprint density at radius 3 is 2.55 bits per heavy atom. The SMILES string of the molecule is C=C(C)C(=O)OC(C)(C)c1ccc(OC(C)OCC)c(I)c1. The molecule has 1 atom stereocenters. The number of hydrogen-bond acceptors (Lipinski definition) is 4. The molecular formula is C17H23IO4. The van der Waals surface area contributed by atoms with Crippen LogP contribution in [0.3, 0.4) is 0 Å². The largest absolute Gasteiger partial charge is 0.464 e. The molecule has 0 aliphatic heterocycles. The van der Waals surface area contributed by atoms with Gasteiger partial charge in [-0.05, 0) is 74.9 Å². The molecular weight excluding hydrogens is 395 g/mol. The lowest BCUT2D eigenvalue weighted by atomic mass is 9.98. The van der Waals surface area contributed by atoms with Gasteiger partial charge < -0.3 is 14.2 Å². The molecule has 0 saturated carbocycles. The van der Waals surface area contributed by atoms with Crippen molar-refractivity contribution in [2.24, 2.45) is 0 Å². The van der Waals surface area contributed by atoms with Gasteiger partial charge in [0, 0.05) is 12.2 Å². The fourth-order valence-electron chi connectivity index (χ4n) is 1.80. The fourth-order valence-corrected chi connectivity index (χ4v) is 2.44. The number of benzene rings is 1. The summed E-state index contributed by atoms with van der Waals surface area (Å²) in [6.07, 6.45) is -0.307. The van der Waals surface area contributed by atoms with E-state index in [2.05, 4.69) is 29.2 Å². The highest BCUT2D eigenvalue weighted by Gasteiger charge is 2.26. The van der Waals surface area contributed by atoms with E-state index in [1.54, 1.807) is 6.92 Å². The van der Waals surface area contributed by atoms with E-state index in [1.807, 2.05) is 45.9 Å². The van der Waals surface area contributed by atoms with E-state index in [9.17, 15) is 4.79 Å². The summed E-state index contributed by atoms with van der Waals surface area (Å²) in [5.74, 6) is 0.345. The van der Waals surface area contributed by atoms with Gasteiger partial charge in [-0.2, -0.15) is 0 Å². The van der Waals surface area contributed by atoms with Gasteiger partial charge >= 0.3 is 5.97 Å². The molecule has 0 aliphatic rings. The summed E-state index contributed by atoms with van der Waals surface area (Å²) in [7, 11) is 0. The summed E-state index contributed by atoms with van der Waals surface area (Å²) in [5, 5.41) is 0. The third kappa shape index (κ3) is 5.28. The maximum Gasteiger partial charge on any atom is 0.333 e. The molecule has 1 unspecified atom stereocenters. The Kier molecular flexibility index (Phi) is 6.87. The normalized spacial score (nSPS) is 12.6. The molecule has 1 rings (SSSR count). The molecule has 0 N–H and O–H groups in total. The molecule has 0 aliphatic carbocycles. The van der Waals surface area contributed by atoms with Crippen molar-refractivity contribution < 1.29 is 19.0 Å². The fraction of sp³-hybridized carbons (Fsp3) is 0.471. The van der Waals surface area contributed by atoms with Crippen LogP contribution in [-0.2, 0) is 19.9 Å². The summed E-state index contributed by atoms with van der Waals surface area (Å²) >= 11 is 2.20. The first-order valence-corrected chi connectivity index (χ1v) is 8.22. The summed E-state index contributed by atoms with van der Waals surface area (Å²) in [4.78, 5) is 11.7. The molecule has 0 aromatic heterocycles. The number of halogens is 1. The van der Waals surface area contributed by atoms with Crippen molar-refractivity contribution in [3.63, 3.8) is 0 Å². The molecule has 0 saturated heterocycles. The molecule has 0 heterocycles. The Morgan fingerprint density at radius 1 is 1.41 bits per heavy atom. The van der Waals surface area contributed by atoms with Crippen LogP contribution >= 0.6 is 22.6 Å². The number of carbonyl (C=O) groups is 1. The third-order valence-corrected chi connectivity index (χ3v) is 3.86. The number of rotatable bonds is 7. The second-order valence-corrected chi connectivity index (χ2v) is 6.63. The van der Waals surface area contributed by atoms with E-state index in [4.69, 9.17) is 14.2 Å². The Bertz CT molecular complexity index is 552. The predicted octanol–water partition coefficient (Wildman–Crippen LogP) is 4.41. The van der Waals surface area contributed by atoms with Crippen molar-refractivity contribution in [1.82, 2.24) is 0 Å². The lowest BCUT2D eigenvalue weighted by Gasteiger charge is -2.26. The van der Waals surface area contributed by atoms with E-state index < -0.39 is 11.6 Å². The zero-order valence-electron chi connectivity index (χ0n) is 13.7. The van der Waals surface area contributed by atoms with Crippen LogP contribution in [0, 0.1) is 3.57 Å². The molecule has 1 aromatic carbocycles. The van der Waals surface area contributed by atoms with E-state index in [0.717, 1.165) is 14.9 Å². The van der Waals surface area contributed by atoms with Gasteiger partial charge in [0.1, 0.15) is 11.4 Å². The number of hydrogen-bond donors (Lipinski definition) is 0. The summed E-state index contributed by atoms with van der Waals surface area (Å²) in [5.41, 5.74) is 0.538. The van der Waals surface area contributed by atoms with Crippen LogP contribution in [0.15, 0.2) is 30.4 Å². The minimum Gasteiger partial charge on any atom is -0.464 e. The smallest absolute Gasteiger partial charge is 0.333 e. The van der Waals surface area contributed by atoms with E-state index >= 15 is 0 Å². The van der Waals surface area contributed by atoms with Gasteiger partial charge in [-0.3, -0.25) is 0 Å². The first kappa shape index (κ1) is 19.0.